The summed E-state index contributed by atoms with van der Waals surface area (Å²) in [6.45, 7) is 1.53. The van der Waals surface area contributed by atoms with E-state index in [0.717, 1.165) is 0 Å². The number of nitrogens with zero attached hydrogens (tertiary/aromatic N) is 4. The molecule has 3 aromatic rings. The third kappa shape index (κ3) is 2.03. The quantitative estimate of drug-likeness (QED) is 0.587. The summed E-state index contributed by atoms with van der Waals surface area (Å²) >= 11 is 1.30. The lowest BCUT2D eigenvalue weighted by Crippen LogP contribution is -2.01. The standard InChI is InChI=1S/C12H8N4O4S/c1-6-7(12(17)18)4-15(14-6)8-2-3-9-10(13-5-21-9)11(8)16(19)20/h2-5H,1H3,(H,17,18). The number of benzene rings is 1. The van der Waals surface area contributed by atoms with Crippen molar-refractivity contribution in [3.8, 4) is 5.69 Å². The summed E-state index contributed by atoms with van der Waals surface area (Å²) in [5, 5.41) is 24.4. The second-order valence-corrected chi connectivity index (χ2v) is 5.15. The molecule has 0 unspecified atom stereocenters. The summed E-state index contributed by atoms with van der Waals surface area (Å²) in [4.78, 5) is 25.9. The number of aromatic nitrogens is 3. The average molecular weight is 304 g/mol. The molecule has 0 aliphatic heterocycles. The third-order valence-corrected chi connectivity index (χ3v) is 3.81. The first-order chi connectivity index (χ1) is 9.99. The van der Waals surface area contributed by atoms with Crippen LogP contribution in [0.5, 0.6) is 0 Å². The van der Waals surface area contributed by atoms with Crippen LogP contribution in [0.1, 0.15) is 16.1 Å². The fraction of sp³-hybridized carbons (Fsp3) is 0.0833. The van der Waals surface area contributed by atoms with E-state index >= 15 is 0 Å². The van der Waals surface area contributed by atoms with Crippen LogP contribution in [0.15, 0.2) is 23.8 Å². The number of nitro benzene ring substituents is 1. The number of carboxylic acids is 1. The number of nitro groups is 1. The molecule has 2 aromatic heterocycles. The van der Waals surface area contributed by atoms with Gasteiger partial charge in [-0.3, -0.25) is 10.1 Å². The minimum atomic E-state index is -1.13. The molecule has 2 heterocycles. The van der Waals surface area contributed by atoms with Crippen molar-refractivity contribution in [1.82, 2.24) is 14.8 Å². The molecule has 0 bridgehead atoms. The first-order valence-corrected chi connectivity index (χ1v) is 6.67. The van der Waals surface area contributed by atoms with Crippen molar-refractivity contribution in [2.75, 3.05) is 0 Å². The van der Waals surface area contributed by atoms with Gasteiger partial charge < -0.3 is 5.11 Å². The molecule has 0 aliphatic carbocycles. The maximum atomic E-state index is 11.3. The van der Waals surface area contributed by atoms with Gasteiger partial charge in [0, 0.05) is 6.20 Å². The minimum absolute atomic E-state index is 0.00247. The lowest BCUT2D eigenvalue weighted by Gasteiger charge is -2.03. The van der Waals surface area contributed by atoms with E-state index in [4.69, 9.17) is 5.11 Å². The van der Waals surface area contributed by atoms with E-state index in [1.165, 1.54) is 40.7 Å². The highest BCUT2D eigenvalue weighted by Gasteiger charge is 2.24. The van der Waals surface area contributed by atoms with E-state index < -0.39 is 10.9 Å². The SMILES string of the molecule is Cc1nn(-c2ccc3scnc3c2[N+](=O)[O-])cc1C(=O)O. The Morgan fingerprint density at radius 1 is 1.48 bits per heavy atom. The van der Waals surface area contributed by atoms with E-state index in [1.54, 1.807) is 6.07 Å². The molecule has 0 aliphatic rings. The molecule has 9 heteroatoms. The predicted molar refractivity (Wildman–Crippen MR) is 75.1 cm³/mol. The highest BCUT2D eigenvalue weighted by atomic mass is 32.1. The Hall–Kier alpha value is -2.81. The molecule has 106 valence electrons. The van der Waals surface area contributed by atoms with Crippen LogP contribution < -0.4 is 0 Å². The molecule has 21 heavy (non-hydrogen) atoms. The van der Waals surface area contributed by atoms with Gasteiger partial charge in [0.05, 0.1) is 20.8 Å². The van der Waals surface area contributed by atoms with Gasteiger partial charge >= 0.3 is 11.7 Å². The van der Waals surface area contributed by atoms with Gasteiger partial charge in [-0.2, -0.15) is 5.10 Å². The molecule has 0 atom stereocenters. The topological polar surface area (TPSA) is 111 Å². The van der Waals surface area contributed by atoms with Crippen LogP contribution in [0.4, 0.5) is 5.69 Å². The van der Waals surface area contributed by atoms with Crippen molar-refractivity contribution in [2.45, 2.75) is 6.92 Å². The van der Waals surface area contributed by atoms with Crippen LogP contribution in [0.25, 0.3) is 15.9 Å². The Labute approximate surface area is 121 Å². The van der Waals surface area contributed by atoms with Gasteiger partial charge in [-0.15, -0.1) is 11.3 Å². The molecule has 3 rings (SSSR count). The molecular formula is C12H8N4O4S. The Balaban J connectivity index is 2.29. The number of thiazole rings is 1. The van der Waals surface area contributed by atoms with E-state index in [1.807, 2.05) is 0 Å². The molecule has 0 saturated heterocycles. The fourth-order valence-corrected chi connectivity index (χ4v) is 2.74. The van der Waals surface area contributed by atoms with Gasteiger partial charge in [0.25, 0.3) is 0 Å². The van der Waals surface area contributed by atoms with Gasteiger partial charge in [-0.05, 0) is 19.1 Å². The molecule has 8 nitrogen and oxygen atoms in total. The average Bonchev–Trinajstić information content (AvgIpc) is 3.02. The minimum Gasteiger partial charge on any atom is -0.478 e. The van der Waals surface area contributed by atoms with Crippen molar-refractivity contribution in [3.05, 3.63) is 45.2 Å². The Morgan fingerprint density at radius 2 is 2.24 bits per heavy atom. The van der Waals surface area contributed by atoms with Crippen molar-refractivity contribution in [1.29, 1.82) is 0 Å². The Bertz CT molecular complexity index is 883. The number of fused-ring (bicyclic) bond motifs is 1. The lowest BCUT2D eigenvalue weighted by molar-refractivity contribution is -0.383. The van der Waals surface area contributed by atoms with E-state index in [2.05, 4.69) is 10.1 Å². The zero-order valence-electron chi connectivity index (χ0n) is 10.7. The summed E-state index contributed by atoms with van der Waals surface area (Å²) in [5.74, 6) is -1.13. The Kier molecular flexibility index (Phi) is 2.91. The molecule has 1 N–H and O–H groups in total. The van der Waals surface area contributed by atoms with Crippen LogP contribution in [0.3, 0.4) is 0 Å². The fourth-order valence-electron chi connectivity index (χ4n) is 2.06. The van der Waals surface area contributed by atoms with E-state index in [0.29, 0.717) is 4.70 Å². The van der Waals surface area contributed by atoms with Gasteiger partial charge in [-0.1, -0.05) is 0 Å². The number of carbonyl (C=O) groups is 1. The van der Waals surface area contributed by atoms with E-state index in [9.17, 15) is 14.9 Å². The zero-order chi connectivity index (χ0) is 15.1. The van der Waals surface area contributed by atoms with Gasteiger partial charge in [0.1, 0.15) is 11.3 Å². The number of rotatable bonds is 3. The van der Waals surface area contributed by atoms with Crippen LogP contribution in [-0.4, -0.2) is 30.8 Å². The summed E-state index contributed by atoms with van der Waals surface area (Å²) in [7, 11) is 0. The van der Waals surface area contributed by atoms with Crippen LogP contribution in [0, 0.1) is 17.0 Å². The molecule has 0 fully saturated rings. The second kappa shape index (κ2) is 4.63. The lowest BCUT2D eigenvalue weighted by atomic mass is 10.2. The Morgan fingerprint density at radius 3 is 2.86 bits per heavy atom. The molecule has 0 saturated carbocycles. The summed E-state index contributed by atoms with van der Waals surface area (Å²) in [5.41, 5.74) is 2.09. The van der Waals surface area contributed by atoms with Gasteiger partial charge in [0.15, 0.2) is 5.52 Å². The number of aromatic carboxylic acids is 1. The molecule has 1 aromatic carbocycles. The van der Waals surface area contributed by atoms with Gasteiger partial charge in [0.2, 0.25) is 0 Å². The predicted octanol–water partition coefficient (Wildman–Crippen LogP) is 2.40. The molecule has 0 amide bonds. The maximum absolute atomic E-state index is 11.3. The summed E-state index contributed by atoms with van der Waals surface area (Å²) < 4.78 is 1.89. The normalized spacial score (nSPS) is 10.9. The molecular weight excluding hydrogens is 296 g/mol. The number of hydrogen-bond donors (Lipinski definition) is 1. The monoisotopic (exact) mass is 304 g/mol. The van der Waals surface area contributed by atoms with Crippen molar-refractivity contribution >= 4 is 33.2 Å². The number of hydrogen-bond acceptors (Lipinski definition) is 6. The van der Waals surface area contributed by atoms with E-state index in [-0.39, 0.29) is 28.1 Å². The summed E-state index contributed by atoms with van der Waals surface area (Å²) in [6, 6.07) is 3.24. The third-order valence-electron chi connectivity index (χ3n) is 3.01. The van der Waals surface area contributed by atoms with Crippen LogP contribution in [-0.2, 0) is 0 Å². The number of carboxylic acid groups (broad SMARTS) is 1. The van der Waals surface area contributed by atoms with Crippen LogP contribution in [0.2, 0.25) is 0 Å². The second-order valence-electron chi connectivity index (χ2n) is 4.27. The largest absolute Gasteiger partial charge is 0.478 e. The smallest absolute Gasteiger partial charge is 0.339 e. The maximum Gasteiger partial charge on any atom is 0.339 e. The van der Waals surface area contributed by atoms with Crippen molar-refractivity contribution in [3.63, 3.8) is 0 Å². The molecule has 0 radical (unpaired) electrons. The zero-order valence-corrected chi connectivity index (χ0v) is 11.5. The highest BCUT2D eigenvalue weighted by molar-refractivity contribution is 7.16. The number of aryl methyl sites for hydroxylation is 1. The summed E-state index contributed by atoms with van der Waals surface area (Å²) in [6.07, 6.45) is 1.26. The first kappa shape index (κ1) is 13.2. The van der Waals surface area contributed by atoms with Crippen molar-refractivity contribution < 1.29 is 14.8 Å². The highest BCUT2D eigenvalue weighted by Crippen LogP contribution is 2.33. The van der Waals surface area contributed by atoms with Crippen LogP contribution >= 0.6 is 11.3 Å². The molecule has 0 spiro atoms. The first-order valence-electron chi connectivity index (χ1n) is 5.79. The van der Waals surface area contributed by atoms with Crippen molar-refractivity contribution in [2.24, 2.45) is 0 Å². The van der Waals surface area contributed by atoms with Gasteiger partial charge in [-0.25, -0.2) is 14.5 Å².